The molecule has 22 heavy (non-hydrogen) atoms. The van der Waals surface area contributed by atoms with Gasteiger partial charge in [0.05, 0.1) is 6.10 Å². The molecule has 1 aromatic heterocycles. The monoisotopic (exact) mass is 292 g/mol. The fourth-order valence-electron chi connectivity index (χ4n) is 2.46. The first-order chi connectivity index (χ1) is 10.7. The van der Waals surface area contributed by atoms with E-state index in [1.165, 1.54) is 0 Å². The number of hydrogen-bond donors (Lipinski definition) is 2. The van der Waals surface area contributed by atoms with Crippen molar-refractivity contribution < 1.29 is 9.90 Å². The van der Waals surface area contributed by atoms with E-state index in [9.17, 15) is 9.90 Å². The molecule has 4 nitrogen and oxygen atoms in total. The summed E-state index contributed by atoms with van der Waals surface area (Å²) in [5, 5.41) is 14.4. The summed E-state index contributed by atoms with van der Waals surface area (Å²) in [5.74, 6) is -0.287. The zero-order chi connectivity index (χ0) is 15.5. The van der Waals surface area contributed by atoms with Crippen molar-refractivity contribution >= 4 is 22.4 Å². The van der Waals surface area contributed by atoms with Crippen molar-refractivity contribution in [3.8, 4) is 0 Å². The highest BCUT2D eigenvalue weighted by Gasteiger charge is 2.14. The minimum absolute atomic E-state index is 0.287. The summed E-state index contributed by atoms with van der Waals surface area (Å²) in [6, 6.07) is 16.7. The van der Waals surface area contributed by atoms with E-state index in [2.05, 4.69) is 10.3 Å². The molecule has 0 aliphatic carbocycles. The normalized spacial score (nSPS) is 12.1. The van der Waals surface area contributed by atoms with E-state index in [4.69, 9.17) is 0 Å². The molecule has 1 amide bonds. The Hall–Kier alpha value is -2.72. The maximum atomic E-state index is 12.5. The van der Waals surface area contributed by atoms with E-state index < -0.39 is 6.10 Å². The van der Waals surface area contributed by atoms with Crippen molar-refractivity contribution in [2.75, 3.05) is 5.32 Å². The lowest BCUT2D eigenvalue weighted by Crippen LogP contribution is -2.15. The van der Waals surface area contributed by atoms with Crippen molar-refractivity contribution in [2.24, 2.45) is 0 Å². The number of hydrogen-bond acceptors (Lipinski definition) is 3. The van der Waals surface area contributed by atoms with E-state index in [1.807, 2.05) is 42.5 Å². The number of aliphatic hydroxyl groups is 1. The van der Waals surface area contributed by atoms with Gasteiger partial charge in [-0.2, -0.15) is 0 Å². The molecule has 0 saturated heterocycles. The van der Waals surface area contributed by atoms with Crippen molar-refractivity contribution in [1.82, 2.24) is 4.98 Å². The summed E-state index contributed by atoms with van der Waals surface area (Å²) >= 11 is 0. The first-order valence-corrected chi connectivity index (χ1v) is 7.09. The number of carbonyl (C=O) groups is 1. The van der Waals surface area contributed by atoms with Crippen LogP contribution in [0.4, 0.5) is 5.69 Å². The first-order valence-electron chi connectivity index (χ1n) is 7.09. The maximum Gasteiger partial charge on any atom is 0.274 e. The van der Waals surface area contributed by atoms with Gasteiger partial charge in [-0.15, -0.1) is 0 Å². The third-order valence-electron chi connectivity index (χ3n) is 3.55. The van der Waals surface area contributed by atoms with Crippen LogP contribution < -0.4 is 5.32 Å². The van der Waals surface area contributed by atoms with Crippen molar-refractivity contribution in [3.63, 3.8) is 0 Å². The Balaban J connectivity index is 1.98. The Morgan fingerprint density at radius 1 is 1.09 bits per heavy atom. The molecule has 2 aromatic carbocycles. The van der Waals surface area contributed by atoms with Crippen LogP contribution in [0, 0.1) is 0 Å². The molecule has 1 atom stereocenters. The largest absolute Gasteiger partial charge is 0.389 e. The van der Waals surface area contributed by atoms with Crippen LogP contribution in [0.1, 0.15) is 29.1 Å². The summed E-state index contributed by atoms with van der Waals surface area (Å²) in [7, 11) is 0. The molecule has 0 aliphatic rings. The molecular weight excluding hydrogens is 276 g/mol. The van der Waals surface area contributed by atoms with Crippen LogP contribution in [0.5, 0.6) is 0 Å². The second kappa shape index (κ2) is 5.95. The van der Waals surface area contributed by atoms with Gasteiger partial charge in [0.25, 0.3) is 5.91 Å². The Kier molecular flexibility index (Phi) is 3.85. The topological polar surface area (TPSA) is 62.2 Å². The minimum Gasteiger partial charge on any atom is -0.389 e. The predicted octanol–water partition coefficient (Wildman–Crippen LogP) is 3.54. The molecular formula is C18H16N2O2. The fourth-order valence-corrected chi connectivity index (χ4v) is 2.46. The summed E-state index contributed by atoms with van der Waals surface area (Å²) < 4.78 is 0. The molecule has 110 valence electrons. The van der Waals surface area contributed by atoms with Gasteiger partial charge in [0.1, 0.15) is 5.69 Å². The number of carbonyl (C=O) groups excluding carboxylic acids is 1. The second-order valence-corrected chi connectivity index (χ2v) is 5.10. The number of aromatic nitrogens is 1. The van der Waals surface area contributed by atoms with Gasteiger partial charge in [-0.3, -0.25) is 9.78 Å². The first kappa shape index (κ1) is 14.2. The Morgan fingerprint density at radius 2 is 1.82 bits per heavy atom. The Labute approximate surface area is 128 Å². The number of pyridine rings is 1. The number of amides is 1. The lowest BCUT2D eigenvalue weighted by Gasteiger charge is -2.13. The van der Waals surface area contributed by atoms with Gasteiger partial charge in [-0.25, -0.2) is 0 Å². The molecule has 1 heterocycles. The van der Waals surface area contributed by atoms with Gasteiger partial charge in [0.2, 0.25) is 0 Å². The standard InChI is InChI=1S/C18H16N2O2/c1-12(21)14-7-4-5-9-16(14)20-18(22)17-15-8-3-2-6-13(15)10-11-19-17/h2-12,21H,1H3,(H,20,22). The molecule has 0 bridgehead atoms. The number of fused-ring (bicyclic) bond motifs is 1. The fraction of sp³-hybridized carbons (Fsp3) is 0.111. The zero-order valence-electron chi connectivity index (χ0n) is 12.2. The summed E-state index contributed by atoms with van der Waals surface area (Å²) in [5.41, 5.74) is 1.65. The van der Waals surface area contributed by atoms with Gasteiger partial charge < -0.3 is 10.4 Å². The lowest BCUT2D eigenvalue weighted by molar-refractivity contribution is 0.102. The van der Waals surface area contributed by atoms with E-state index >= 15 is 0 Å². The van der Waals surface area contributed by atoms with Crippen molar-refractivity contribution in [1.29, 1.82) is 0 Å². The molecule has 0 aliphatic heterocycles. The van der Waals surface area contributed by atoms with E-state index in [-0.39, 0.29) is 5.91 Å². The van der Waals surface area contributed by atoms with E-state index in [0.717, 1.165) is 10.8 Å². The van der Waals surface area contributed by atoms with Gasteiger partial charge in [0.15, 0.2) is 0 Å². The second-order valence-electron chi connectivity index (χ2n) is 5.10. The predicted molar refractivity (Wildman–Crippen MR) is 86.8 cm³/mol. The van der Waals surface area contributed by atoms with Gasteiger partial charge >= 0.3 is 0 Å². The molecule has 0 fully saturated rings. The Bertz CT molecular complexity index is 823. The van der Waals surface area contributed by atoms with E-state index in [0.29, 0.717) is 16.9 Å². The maximum absolute atomic E-state index is 12.5. The summed E-state index contributed by atoms with van der Waals surface area (Å²) in [6.45, 7) is 1.67. The van der Waals surface area contributed by atoms with Crippen LogP contribution in [0.25, 0.3) is 10.8 Å². The van der Waals surface area contributed by atoms with Gasteiger partial charge in [0, 0.05) is 22.8 Å². The molecule has 2 N–H and O–H groups in total. The molecule has 4 heteroatoms. The van der Waals surface area contributed by atoms with Crippen molar-refractivity contribution in [3.05, 3.63) is 72.1 Å². The van der Waals surface area contributed by atoms with Crippen LogP contribution in [-0.2, 0) is 0 Å². The number of nitrogens with zero attached hydrogens (tertiary/aromatic N) is 1. The van der Waals surface area contributed by atoms with Crippen LogP contribution in [0.2, 0.25) is 0 Å². The molecule has 0 saturated carbocycles. The minimum atomic E-state index is -0.656. The van der Waals surface area contributed by atoms with Crippen LogP contribution in [-0.4, -0.2) is 16.0 Å². The molecule has 0 spiro atoms. The number of anilines is 1. The molecule has 3 rings (SSSR count). The highest BCUT2D eigenvalue weighted by Crippen LogP contribution is 2.24. The number of rotatable bonds is 3. The smallest absolute Gasteiger partial charge is 0.274 e. The number of benzene rings is 2. The molecule has 3 aromatic rings. The molecule has 0 radical (unpaired) electrons. The SMILES string of the molecule is CC(O)c1ccccc1NC(=O)c1nccc2ccccc12. The third kappa shape index (κ3) is 2.69. The number of aliphatic hydroxyl groups excluding tert-OH is 1. The lowest BCUT2D eigenvalue weighted by atomic mass is 10.1. The quantitative estimate of drug-likeness (QED) is 0.776. The highest BCUT2D eigenvalue weighted by molar-refractivity contribution is 6.11. The van der Waals surface area contributed by atoms with Crippen LogP contribution in [0.3, 0.4) is 0 Å². The average molecular weight is 292 g/mol. The van der Waals surface area contributed by atoms with Crippen LogP contribution >= 0.6 is 0 Å². The number of nitrogens with one attached hydrogen (secondary N) is 1. The molecule has 1 unspecified atom stereocenters. The summed E-state index contributed by atoms with van der Waals surface area (Å²) in [6.07, 6.45) is 0.967. The summed E-state index contributed by atoms with van der Waals surface area (Å²) in [4.78, 5) is 16.8. The van der Waals surface area contributed by atoms with Gasteiger partial charge in [-0.05, 0) is 24.4 Å². The van der Waals surface area contributed by atoms with E-state index in [1.54, 1.807) is 25.3 Å². The third-order valence-corrected chi connectivity index (χ3v) is 3.55. The van der Waals surface area contributed by atoms with Gasteiger partial charge in [-0.1, -0.05) is 42.5 Å². The Morgan fingerprint density at radius 3 is 2.64 bits per heavy atom. The number of para-hydroxylation sites is 1. The zero-order valence-corrected chi connectivity index (χ0v) is 12.2. The highest BCUT2D eigenvalue weighted by atomic mass is 16.3. The average Bonchev–Trinajstić information content (AvgIpc) is 2.54. The van der Waals surface area contributed by atoms with Crippen molar-refractivity contribution in [2.45, 2.75) is 13.0 Å². The van der Waals surface area contributed by atoms with Crippen LogP contribution in [0.15, 0.2) is 60.8 Å².